The Morgan fingerprint density at radius 3 is 2.93 bits per heavy atom. The third-order valence-corrected chi connectivity index (χ3v) is 2.85. The number of halogens is 2. The molecule has 1 aromatic rings. The highest BCUT2D eigenvalue weighted by molar-refractivity contribution is 9.10. The number of ether oxygens (including phenoxy) is 1. The molecule has 0 N–H and O–H groups in total. The second kappa shape index (κ2) is 3.77. The van der Waals surface area contributed by atoms with Crippen LogP contribution in [0.25, 0.3) is 6.08 Å². The maximum absolute atomic E-state index is 13.5. The molecule has 1 aromatic carbocycles. The minimum Gasteiger partial charge on any atom is -0.485 e. The van der Waals surface area contributed by atoms with Crippen LogP contribution in [0.4, 0.5) is 4.39 Å². The van der Waals surface area contributed by atoms with Crippen molar-refractivity contribution in [2.45, 2.75) is 6.92 Å². The summed E-state index contributed by atoms with van der Waals surface area (Å²) in [6, 6.07) is 3.31. The van der Waals surface area contributed by atoms with Gasteiger partial charge in [0.2, 0.25) is 0 Å². The lowest BCUT2D eigenvalue weighted by molar-refractivity contribution is -0.113. The largest absolute Gasteiger partial charge is 0.485 e. The Labute approximate surface area is 94.9 Å². The molecule has 4 heteroatoms. The average Bonchev–Trinajstić information content (AvgIpc) is 2.23. The summed E-state index contributed by atoms with van der Waals surface area (Å²) in [6.07, 6.45) is 1.66. The average molecular weight is 271 g/mol. The van der Waals surface area contributed by atoms with Crippen molar-refractivity contribution in [3.63, 3.8) is 0 Å². The molecule has 0 atom stereocenters. The van der Waals surface area contributed by atoms with Gasteiger partial charge in [0.25, 0.3) is 0 Å². The van der Waals surface area contributed by atoms with E-state index < -0.39 is 5.82 Å². The number of rotatable bonds is 1. The highest BCUT2D eigenvalue weighted by Crippen LogP contribution is 2.33. The van der Waals surface area contributed by atoms with Gasteiger partial charge >= 0.3 is 0 Å². The standard InChI is InChI=1S/C11H8BrFO2/c1-6(14)8-4-7-2-3-9(12)10(13)11(7)15-5-8/h2-4H,5H2,1H3. The van der Waals surface area contributed by atoms with E-state index in [2.05, 4.69) is 15.9 Å². The van der Waals surface area contributed by atoms with Gasteiger partial charge in [-0.2, -0.15) is 0 Å². The van der Waals surface area contributed by atoms with Gasteiger partial charge in [0.1, 0.15) is 6.61 Å². The van der Waals surface area contributed by atoms with Crippen molar-refractivity contribution in [3.05, 3.63) is 33.6 Å². The quantitative estimate of drug-likeness (QED) is 0.785. The Hall–Kier alpha value is -1.16. The summed E-state index contributed by atoms with van der Waals surface area (Å²) < 4.78 is 19.1. The summed E-state index contributed by atoms with van der Waals surface area (Å²) in [7, 11) is 0. The summed E-state index contributed by atoms with van der Waals surface area (Å²) in [5, 5.41) is 0. The highest BCUT2D eigenvalue weighted by atomic mass is 79.9. The van der Waals surface area contributed by atoms with E-state index in [1.807, 2.05) is 0 Å². The van der Waals surface area contributed by atoms with Crippen molar-refractivity contribution in [1.29, 1.82) is 0 Å². The number of ketones is 1. The molecule has 1 aliphatic heterocycles. The Bertz CT molecular complexity index is 466. The lowest BCUT2D eigenvalue weighted by atomic mass is 10.1. The van der Waals surface area contributed by atoms with Crippen molar-refractivity contribution < 1.29 is 13.9 Å². The molecule has 0 amide bonds. The summed E-state index contributed by atoms with van der Waals surface area (Å²) in [5.74, 6) is -0.273. The smallest absolute Gasteiger partial charge is 0.179 e. The normalized spacial score (nSPS) is 13.9. The summed E-state index contributed by atoms with van der Waals surface area (Å²) >= 11 is 3.08. The van der Waals surface area contributed by atoms with Gasteiger partial charge in [-0.25, -0.2) is 4.39 Å². The molecule has 1 aliphatic rings. The zero-order valence-electron chi connectivity index (χ0n) is 8.01. The highest BCUT2D eigenvalue weighted by Gasteiger charge is 2.19. The third kappa shape index (κ3) is 1.81. The molecule has 78 valence electrons. The van der Waals surface area contributed by atoms with E-state index in [0.717, 1.165) is 0 Å². The SMILES string of the molecule is CC(=O)C1=Cc2ccc(Br)c(F)c2OC1. The molecular formula is C11H8BrFO2. The molecule has 0 fully saturated rings. The Morgan fingerprint density at radius 1 is 1.53 bits per heavy atom. The van der Waals surface area contributed by atoms with E-state index in [1.165, 1.54) is 6.92 Å². The molecule has 1 heterocycles. The van der Waals surface area contributed by atoms with Crippen molar-refractivity contribution in [1.82, 2.24) is 0 Å². The lowest BCUT2D eigenvalue weighted by Gasteiger charge is -2.17. The third-order valence-electron chi connectivity index (χ3n) is 2.23. The predicted octanol–water partition coefficient (Wildman–Crippen LogP) is 2.95. The Morgan fingerprint density at radius 2 is 2.27 bits per heavy atom. The number of hydrogen-bond donors (Lipinski definition) is 0. The molecule has 15 heavy (non-hydrogen) atoms. The van der Waals surface area contributed by atoms with Crippen molar-refractivity contribution >= 4 is 27.8 Å². The van der Waals surface area contributed by atoms with Gasteiger partial charge in [-0.15, -0.1) is 0 Å². The minimum absolute atomic E-state index is 0.0519. The van der Waals surface area contributed by atoms with Crippen LogP contribution in [0.3, 0.4) is 0 Å². The fourth-order valence-corrected chi connectivity index (χ4v) is 1.70. The van der Waals surface area contributed by atoms with Crippen LogP contribution in [0.15, 0.2) is 22.2 Å². The fourth-order valence-electron chi connectivity index (χ4n) is 1.39. The molecule has 0 saturated heterocycles. The van der Waals surface area contributed by atoms with Crippen LogP contribution >= 0.6 is 15.9 Å². The summed E-state index contributed by atoms with van der Waals surface area (Å²) in [5.41, 5.74) is 1.16. The molecule has 0 aliphatic carbocycles. The molecule has 0 saturated carbocycles. The number of Topliss-reactive ketones (excluding diaryl/α,β-unsaturated/α-hetero) is 1. The Kier molecular flexibility index (Phi) is 2.61. The number of carbonyl (C=O) groups is 1. The van der Waals surface area contributed by atoms with Gasteiger partial charge in [0, 0.05) is 11.1 Å². The molecule has 2 nitrogen and oxygen atoms in total. The Balaban J connectivity index is 2.53. The predicted molar refractivity (Wildman–Crippen MR) is 58.3 cm³/mol. The van der Waals surface area contributed by atoms with Crippen LogP contribution in [0, 0.1) is 5.82 Å². The van der Waals surface area contributed by atoms with Crippen molar-refractivity contribution in [2.24, 2.45) is 0 Å². The molecule has 0 unspecified atom stereocenters. The lowest BCUT2D eigenvalue weighted by Crippen LogP contribution is -2.13. The van der Waals surface area contributed by atoms with E-state index in [9.17, 15) is 9.18 Å². The number of carbonyl (C=O) groups excluding carboxylic acids is 1. The van der Waals surface area contributed by atoms with Gasteiger partial charge in [-0.3, -0.25) is 4.79 Å². The first-order valence-corrected chi connectivity index (χ1v) is 5.21. The maximum atomic E-state index is 13.5. The molecule has 0 aromatic heterocycles. The van der Waals surface area contributed by atoms with Crippen LogP contribution < -0.4 is 4.74 Å². The number of benzene rings is 1. The van der Waals surface area contributed by atoms with Crippen LogP contribution in [0.5, 0.6) is 5.75 Å². The van der Waals surface area contributed by atoms with E-state index >= 15 is 0 Å². The number of hydrogen-bond acceptors (Lipinski definition) is 2. The van der Waals surface area contributed by atoms with Crippen LogP contribution in [0.1, 0.15) is 12.5 Å². The first-order chi connectivity index (χ1) is 7.09. The monoisotopic (exact) mass is 270 g/mol. The number of fused-ring (bicyclic) bond motifs is 1. The van der Waals surface area contributed by atoms with Crippen molar-refractivity contribution in [3.8, 4) is 5.75 Å². The molecule has 0 radical (unpaired) electrons. The topological polar surface area (TPSA) is 26.3 Å². The minimum atomic E-state index is -0.425. The molecule has 0 bridgehead atoms. The van der Waals surface area contributed by atoms with E-state index in [4.69, 9.17) is 4.74 Å². The zero-order valence-corrected chi connectivity index (χ0v) is 9.60. The molecule has 2 rings (SSSR count). The maximum Gasteiger partial charge on any atom is 0.179 e. The van der Waals surface area contributed by atoms with Crippen LogP contribution in [0.2, 0.25) is 0 Å². The first-order valence-electron chi connectivity index (χ1n) is 4.42. The summed E-state index contributed by atoms with van der Waals surface area (Å²) in [6.45, 7) is 1.60. The van der Waals surface area contributed by atoms with E-state index in [-0.39, 0.29) is 18.1 Å². The molecule has 0 spiro atoms. The van der Waals surface area contributed by atoms with Crippen LogP contribution in [-0.4, -0.2) is 12.4 Å². The van der Waals surface area contributed by atoms with Gasteiger partial charge in [0.15, 0.2) is 17.3 Å². The summed E-state index contributed by atoms with van der Waals surface area (Å²) in [4.78, 5) is 11.1. The molecular weight excluding hydrogens is 263 g/mol. The van der Waals surface area contributed by atoms with Gasteiger partial charge in [0.05, 0.1) is 4.47 Å². The zero-order chi connectivity index (χ0) is 11.0. The van der Waals surface area contributed by atoms with Crippen molar-refractivity contribution in [2.75, 3.05) is 6.61 Å². The van der Waals surface area contributed by atoms with E-state index in [0.29, 0.717) is 15.6 Å². The van der Waals surface area contributed by atoms with Gasteiger partial charge in [-0.1, -0.05) is 0 Å². The second-order valence-electron chi connectivity index (χ2n) is 3.29. The van der Waals surface area contributed by atoms with Gasteiger partial charge < -0.3 is 4.74 Å². The second-order valence-corrected chi connectivity index (χ2v) is 4.15. The van der Waals surface area contributed by atoms with E-state index in [1.54, 1.807) is 18.2 Å². The van der Waals surface area contributed by atoms with Crippen LogP contribution in [-0.2, 0) is 4.79 Å². The fraction of sp³-hybridized carbons (Fsp3) is 0.182. The first kappa shape index (κ1) is 10.4. The van der Waals surface area contributed by atoms with Gasteiger partial charge in [-0.05, 0) is 41.1 Å².